The van der Waals surface area contributed by atoms with Gasteiger partial charge < -0.3 is 21.1 Å². The Morgan fingerprint density at radius 2 is 1.82 bits per heavy atom. The van der Waals surface area contributed by atoms with E-state index in [1.165, 1.54) is 0 Å². The zero-order chi connectivity index (χ0) is 16.8. The quantitative estimate of drug-likeness (QED) is 0.571. The number of hydrogen-bond acceptors (Lipinski definition) is 4. The third-order valence-corrected chi connectivity index (χ3v) is 2.77. The second-order valence-corrected chi connectivity index (χ2v) is 6.16. The van der Waals surface area contributed by atoms with Crippen molar-refractivity contribution in [3.8, 4) is 0 Å². The van der Waals surface area contributed by atoms with Gasteiger partial charge in [0.1, 0.15) is 5.60 Å². The third kappa shape index (κ3) is 6.97. The molecule has 0 bridgehead atoms. The zero-order valence-electron chi connectivity index (χ0n) is 13.7. The Balaban J connectivity index is 2.28. The largest absolute Gasteiger partial charge is 0.444 e. The summed E-state index contributed by atoms with van der Waals surface area (Å²) < 4.78 is 5.09. The maximum Gasteiger partial charge on any atom is 0.407 e. The molecule has 0 aliphatic heterocycles. The summed E-state index contributed by atoms with van der Waals surface area (Å²) in [7, 11) is 0. The van der Waals surface area contributed by atoms with E-state index in [-0.39, 0.29) is 12.3 Å². The molecule has 0 fully saturated rings. The molecule has 1 aromatic rings. The summed E-state index contributed by atoms with van der Waals surface area (Å²) in [4.78, 5) is 23.2. The first-order chi connectivity index (χ1) is 10.2. The van der Waals surface area contributed by atoms with Crippen molar-refractivity contribution in [2.45, 2.75) is 39.7 Å². The second-order valence-electron chi connectivity index (χ2n) is 6.16. The molecular formula is C16H25N3O3. The molecule has 1 aromatic carbocycles. The Morgan fingerprint density at radius 1 is 1.18 bits per heavy atom. The van der Waals surface area contributed by atoms with E-state index in [0.29, 0.717) is 18.8 Å². The number of ether oxygens (including phenoxy) is 1. The van der Waals surface area contributed by atoms with Gasteiger partial charge in [0.2, 0.25) is 5.91 Å². The van der Waals surface area contributed by atoms with E-state index in [0.717, 1.165) is 11.1 Å². The van der Waals surface area contributed by atoms with E-state index in [1.54, 1.807) is 20.8 Å². The van der Waals surface area contributed by atoms with Crippen LogP contribution < -0.4 is 16.4 Å². The molecule has 4 N–H and O–H groups in total. The van der Waals surface area contributed by atoms with Crippen LogP contribution >= 0.6 is 0 Å². The highest BCUT2D eigenvalue weighted by atomic mass is 16.6. The molecule has 122 valence electrons. The van der Waals surface area contributed by atoms with Crippen LogP contribution in [0, 0.1) is 6.92 Å². The van der Waals surface area contributed by atoms with Gasteiger partial charge in [-0.15, -0.1) is 0 Å². The van der Waals surface area contributed by atoms with Gasteiger partial charge in [-0.3, -0.25) is 4.79 Å². The van der Waals surface area contributed by atoms with Crippen molar-refractivity contribution in [1.82, 2.24) is 10.6 Å². The van der Waals surface area contributed by atoms with Crippen molar-refractivity contribution in [2.24, 2.45) is 0 Å². The lowest BCUT2D eigenvalue weighted by atomic mass is 10.1. The second kappa shape index (κ2) is 7.68. The van der Waals surface area contributed by atoms with Crippen LogP contribution in [0.4, 0.5) is 10.5 Å². The monoisotopic (exact) mass is 307 g/mol. The standard InChI is InChI=1S/C16H25N3O3/c1-11-5-6-12(13(17)9-11)10-14(20)18-7-8-19-15(21)22-16(2,3)4/h5-6,9H,7-8,10,17H2,1-4H3,(H,18,20)(H,19,21). The summed E-state index contributed by atoms with van der Waals surface area (Å²) in [6, 6.07) is 5.61. The molecule has 0 atom stereocenters. The molecule has 2 amide bonds. The fraction of sp³-hybridized carbons (Fsp3) is 0.500. The molecule has 6 heteroatoms. The number of rotatable bonds is 5. The van der Waals surface area contributed by atoms with E-state index >= 15 is 0 Å². The van der Waals surface area contributed by atoms with Crippen LogP contribution in [0.2, 0.25) is 0 Å². The van der Waals surface area contributed by atoms with E-state index in [1.807, 2.05) is 25.1 Å². The number of nitrogens with one attached hydrogen (secondary N) is 2. The minimum atomic E-state index is -0.531. The molecule has 0 spiro atoms. The van der Waals surface area contributed by atoms with Crippen molar-refractivity contribution < 1.29 is 14.3 Å². The highest BCUT2D eigenvalue weighted by molar-refractivity contribution is 5.80. The number of aryl methyl sites for hydroxylation is 1. The highest BCUT2D eigenvalue weighted by Gasteiger charge is 2.15. The number of benzene rings is 1. The van der Waals surface area contributed by atoms with E-state index < -0.39 is 11.7 Å². The fourth-order valence-corrected chi connectivity index (χ4v) is 1.79. The molecule has 22 heavy (non-hydrogen) atoms. The molecule has 0 saturated carbocycles. The minimum Gasteiger partial charge on any atom is -0.444 e. The molecule has 0 saturated heterocycles. The summed E-state index contributed by atoms with van der Waals surface area (Å²) in [5.41, 5.74) is 7.80. The lowest BCUT2D eigenvalue weighted by Crippen LogP contribution is -2.38. The molecule has 0 aliphatic rings. The SMILES string of the molecule is Cc1ccc(CC(=O)NCCNC(=O)OC(C)(C)C)c(N)c1. The van der Waals surface area contributed by atoms with Gasteiger partial charge in [0.25, 0.3) is 0 Å². The molecule has 0 radical (unpaired) electrons. The number of carbonyl (C=O) groups excluding carboxylic acids is 2. The van der Waals surface area contributed by atoms with Gasteiger partial charge in [0.15, 0.2) is 0 Å². The van der Waals surface area contributed by atoms with Gasteiger partial charge >= 0.3 is 6.09 Å². The van der Waals surface area contributed by atoms with Gasteiger partial charge in [0, 0.05) is 18.8 Å². The highest BCUT2D eigenvalue weighted by Crippen LogP contribution is 2.14. The Hall–Kier alpha value is -2.24. The van der Waals surface area contributed by atoms with Crippen LogP contribution in [0.3, 0.4) is 0 Å². The number of nitrogen functional groups attached to an aromatic ring is 1. The summed E-state index contributed by atoms with van der Waals surface area (Å²) in [5.74, 6) is -0.137. The van der Waals surface area contributed by atoms with Crippen LogP contribution in [-0.2, 0) is 16.0 Å². The normalized spacial score (nSPS) is 10.9. The van der Waals surface area contributed by atoms with Gasteiger partial charge in [-0.05, 0) is 44.9 Å². The molecular weight excluding hydrogens is 282 g/mol. The lowest BCUT2D eigenvalue weighted by molar-refractivity contribution is -0.120. The van der Waals surface area contributed by atoms with Crippen molar-refractivity contribution >= 4 is 17.7 Å². The van der Waals surface area contributed by atoms with Gasteiger partial charge in [-0.2, -0.15) is 0 Å². The Bertz CT molecular complexity index is 536. The summed E-state index contributed by atoms with van der Waals surface area (Å²) in [6.07, 6.45) is -0.275. The molecule has 0 unspecified atom stereocenters. The maximum atomic E-state index is 11.8. The molecule has 1 rings (SSSR count). The predicted octanol–water partition coefficient (Wildman–Crippen LogP) is 1.76. The fourth-order valence-electron chi connectivity index (χ4n) is 1.79. The summed E-state index contributed by atoms with van der Waals surface area (Å²) in [5, 5.41) is 5.30. The number of anilines is 1. The van der Waals surface area contributed by atoms with Crippen LogP contribution in [0.25, 0.3) is 0 Å². The van der Waals surface area contributed by atoms with Gasteiger partial charge in [0.05, 0.1) is 6.42 Å². The summed E-state index contributed by atoms with van der Waals surface area (Å²) >= 11 is 0. The zero-order valence-corrected chi connectivity index (χ0v) is 13.7. The topological polar surface area (TPSA) is 93.5 Å². The Labute approximate surface area is 131 Å². The molecule has 0 aliphatic carbocycles. The number of hydrogen-bond donors (Lipinski definition) is 3. The van der Waals surface area contributed by atoms with E-state index in [4.69, 9.17) is 10.5 Å². The van der Waals surface area contributed by atoms with Gasteiger partial charge in [-0.1, -0.05) is 12.1 Å². The predicted molar refractivity (Wildman–Crippen MR) is 86.5 cm³/mol. The molecule has 0 heterocycles. The Kier molecular flexibility index (Phi) is 6.22. The van der Waals surface area contributed by atoms with Crippen LogP contribution in [0.1, 0.15) is 31.9 Å². The average Bonchev–Trinajstić information content (AvgIpc) is 2.36. The van der Waals surface area contributed by atoms with Crippen LogP contribution in [-0.4, -0.2) is 30.7 Å². The number of alkyl carbamates (subject to hydrolysis) is 1. The molecule has 6 nitrogen and oxygen atoms in total. The number of nitrogens with two attached hydrogens (primary N) is 1. The molecule has 0 aromatic heterocycles. The Morgan fingerprint density at radius 3 is 2.41 bits per heavy atom. The number of amides is 2. The maximum absolute atomic E-state index is 11.8. The first-order valence-corrected chi connectivity index (χ1v) is 7.26. The lowest BCUT2D eigenvalue weighted by Gasteiger charge is -2.19. The van der Waals surface area contributed by atoms with E-state index in [2.05, 4.69) is 10.6 Å². The first-order valence-electron chi connectivity index (χ1n) is 7.26. The van der Waals surface area contributed by atoms with Crippen molar-refractivity contribution in [3.05, 3.63) is 29.3 Å². The van der Waals surface area contributed by atoms with E-state index in [9.17, 15) is 9.59 Å². The third-order valence-electron chi connectivity index (χ3n) is 2.77. The summed E-state index contributed by atoms with van der Waals surface area (Å²) in [6.45, 7) is 7.97. The van der Waals surface area contributed by atoms with Crippen LogP contribution in [0.15, 0.2) is 18.2 Å². The first kappa shape index (κ1) is 17.8. The van der Waals surface area contributed by atoms with Crippen molar-refractivity contribution in [1.29, 1.82) is 0 Å². The average molecular weight is 307 g/mol. The van der Waals surface area contributed by atoms with Crippen LogP contribution in [0.5, 0.6) is 0 Å². The smallest absolute Gasteiger partial charge is 0.407 e. The van der Waals surface area contributed by atoms with Gasteiger partial charge in [-0.25, -0.2) is 4.79 Å². The minimum absolute atomic E-state index is 0.137. The number of carbonyl (C=O) groups is 2. The van der Waals surface area contributed by atoms with Crippen molar-refractivity contribution in [3.63, 3.8) is 0 Å². The van der Waals surface area contributed by atoms with Crippen molar-refractivity contribution in [2.75, 3.05) is 18.8 Å².